The van der Waals surface area contributed by atoms with E-state index in [4.69, 9.17) is 19.7 Å². The largest absolute Gasteiger partial charge is 0.485 e. The maximum absolute atomic E-state index is 6.48. The Balaban J connectivity index is 1.44. The predicted octanol–water partition coefficient (Wildman–Crippen LogP) is 8.47. The first kappa shape index (κ1) is 23.8. The summed E-state index contributed by atoms with van der Waals surface area (Å²) in [7, 11) is 0. The van der Waals surface area contributed by atoms with Crippen molar-refractivity contribution in [2.75, 3.05) is 0 Å². The van der Waals surface area contributed by atoms with E-state index in [1.165, 1.54) is 16.7 Å². The number of allylic oxidation sites excluding steroid dienone is 3. The molecular weight excluding hydrogens is 502 g/mol. The molecule has 3 aliphatic rings. The van der Waals surface area contributed by atoms with Crippen molar-refractivity contribution < 1.29 is 4.74 Å². The Morgan fingerprint density at radius 3 is 2.10 bits per heavy atom. The summed E-state index contributed by atoms with van der Waals surface area (Å²) in [4.78, 5) is 15.3. The van der Waals surface area contributed by atoms with Crippen LogP contribution in [0.4, 0.5) is 0 Å². The van der Waals surface area contributed by atoms with E-state index in [9.17, 15) is 0 Å². The number of fused-ring (bicyclic) bond motifs is 4. The van der Waals surface area contributed by atoms with Crippen LogP contribution in [0.1, 0.15) is 29.0 Å². The summed E-state index contributed by atoms with van der Waals surface area (Å²) in [5.74, 6) is 2.94. The fourth-order valence-corrected chi connectivity index (χ4v) is 6.23. The van der Waals surface area contributed by atoms with Crippen LogP contribution in [0.25, 0.3) is 51.4 Å². The van der Waals surface area contributed by atoms with Crippen LogP contribution < -0.4 is 4.74 Å². The number of nitrogens with zero attached hydrogens (tertiary/aromatic N) is 3. The van der Waals surface area contributed by atoms with E-state index in [1.807, 2.05) is 36.4 Å². The molecule has 1 aromatic heterocycles. The van der Waals surface area contributed by atoms with Gasteiger partial charge in [0, 0.05) is 28.2 Å². The molecule has 1 aliphatic heterocycles. The van der Waals surface area contributed by atoms with Gasteiger partial charge in [-0.3, -0.25) is 0 Å². The highest BCUT2D eigenvalue weighted by molar-refractivity contribution is 5.91. The van der Waals surface area contributed by atoms with E-state index >= 15 is 0 Å². The van der Waals surface area contributed by atoms with Crippen LogP contribution in [-0.2, 0) is 6.42 Å². The zero-order valence-electron chi connectivity index (χ0n) is 22.4. The lowest BCUT2D eigenvalue weighted by Gasteiger charge is -2.21. The van der Waals surface area contributed by atoms with Crippen molar-refractivity contribution in [3.05, 3.63) is 138 Å². The van der Waals surface area contributed by atoms with Gasteiger partial charge in [-0.1, -0.05) is 109 Å². The molecule has 5 aromatic rings. The van der Waals surface area contributed by atoms with Crippen LogP contribution in [0, 0.1) is 0 Å². The first-order valence-electron chi connectivity index (χ1n) is 14.2. The second-order valence-corrected chi connectivity index (χ2v) is 10.6. The molecule has 4 nitrogen and oxygen atoms in total. The Morgan fingerprint density at radius 1 is 0.634 bits per heavy atom. The number of ether oxygens (including phenoxy) is 1. The lowest BCUT2D eigenvalue weighted by Crippen LogP contribution is -2.16. The van der Waals surface area contributed by atoms with Gasteiger partial charge in [-0.2, -0.15) is 0 Å². The summed E-state index contributed by atoms with van der Waals surface area (Å²) in [5.41, 5.74) is 9.01. The average Bonchev–Trinajstić information content (AvgIpc) is 3.43. The normalized spacial score (nSPS) is 18.0. The molecule has 2 aliphatic carbocycles. The van der Waals surface area contributed by atoms with E-state index in [-0.39, 0.29) is 12.0 Å². The smallest absolute Gasteiger partial charge is 0.165 e. The van der Waals surface area contributed by atoms with Crippen LogP contribution in [0.15, 0.2) is 121 Å². The Labute approximate surface area is 239 Å². The van der Waals surface area contributed by atoms with Crippen molar-refractivity contribution >= 4 is 6.08 Å². The van der Waals surface area contributed by atoms with Crippen LogP contribution in [0.3, 0.4) is 0 Å². The number of benzene rings is 4. The minimum absolute atomic E-state index is 0.0439. The van der Waals surface area contributed by atoms with Crippen molar-refractivity contribution in [2.45, 2.75) is 24.9 Å². The third-order valence-corrected chi connectivity index (χ3v) is 8.16. The van der Waals surface area contributed by atoms with Crippen molar-refractivity contribution in [3.8, 4) is 51.0 Å². The molecule has 2 unspecified atom stereocenters. The van der Waals surface area contributed by atoms with Crippen LogP contribution >= 0.6 is 0 Å². The van der Waals surface area contributed by atoms with Gasteiger partial charge in [-0.05, 0) is 53.3 Å². The van der Waals surface area contributed by atoms with Gasteiger partial charge in [0.25, 0.3) is 0 Å². The molecule has 0 bridgehead atoms. The first-order chi connectivity index (χ1) is 20.3. The summed E-state index contributed by atoms with van der Waals surface area (Å²) >= 11 is 0. The fraction of sp³-hybridized carbons (Fsp3) is 0.108. The van der Waals surface area contributed by atoms with Crippen molar-refractivity contribution in [2.24, 2.45) is 0 Å². The highest BCUT2D eigenvalue weighted by atomic mass is 16.5. The molecule has 4 aromatic carbocycles. The molecule has 0 amide bonds. The van der Waals surface area contributed by atoms with E-state index in [0.717, 1.165) is 46.4 Å². The SMILES string of the molecule is C1=CC2Oc3ccc(-c4cccc5c4C=CCC5)c(-c4nc(-c5ccccc5)nc(-c5ccccc5)n4)c3C2C=C1. The summed E-state index contributed by atoms with van der Waals surface area (Å²) < 4.78 is 6.48. The second kappa shape index (κ2) is 9.83. The molecule has 0 spiro atoms. The third kappa shape index (κ3) is 4.11. The highest BCUT2D eigenvalue weighted by Crippen LogP contribution is 2.50. The van der Waals surface area contributed by atoms with Gasteiger partial charge in [0.2, 0.25) is 0 Å². The molecule has 0 fully saturated rings. The van der Waals surface area contributed by atoms with Crippen LogP contribution in [0.2, 0.25) is 0 Å². The number of aromatic nitrogens is 3. The van der Waals surface area contributed by atoms with Crippen molar-refractivity contribution in [1.29, 1.82) is 0 Å². The Hall–Kier alpha value is -5.09. The predicted molar refractivity (Wildman–Crippen MR) is 164 cm³/mol. The molecule has 0 N–H and O–H groups in total. The number of hydrogen-bond acceptors (Lipinski definition) is 4. The molecule has 196 valence electrons. The van der Waals surface area contributed by atoms with Gasteiger partial charge in [0.1, 0.15) is 11.9 Å². The highest BCUT2D eigenvalue weighted by Gasteiger charge is 2.37. The maximum Gasteiger partial charge on any atom is 0.165 e. The van der Waals surface area contributed by atoms with Gasteiger partial charge in [-0.25, -0.2) is 15.0 Å². The summed E-state index contributed by atoms with van der Waals surface area (Å²) in [6.45, 7) is 0. The molecule has 0 saturated carbocycles. The van der Waals surface area contributed by atoms with E-state index in [0.29, 0.717) is 17.5 Å². The summed E-state index contributed by atoms with van der Waals surface area (Å²) in [6, 6.07) is 31.3. The van der Waals surface area contributed by atoms with E-state index in [2.05, 4.69) is 91.1 Å². The van der Waals surface area contributed by atoms with Crippen LogP contribution in [-0.4, -0.2) is 21.1 Å². The first-order valence-corrected chi connectivity index (χ1v) is 14.2. The standard InChI is InChI=1S/C37H27N3O/c1-3-13-25(14-4-1)35-38-36(26-15-5-2-6-16-26)40-37(39-35)34-29(28-20-11-17-24-12-7-8-18-27(24)28)22-23-32-33(34)30-19-9-10-21-31(30)41-32/h1-6,8-11,13-23,30-31H,7,12H2. The Kier molecular flexibility index (Phi) is 5.70. The molecule has 8 rings (SSSR count). The van der Waals surface area contributed by atoms with Gasteiger partial charge in [0.15, 0.2) is 17.5 Å². The molecule has 2 atom stereocenters. The lowest BCUT2D eigenvalue weighted by molar-refractivity contribution is 0.269. The topological polar surface area (TPSA) is 47.9 Å². The second-order valence-electron chi connectivity index (χ2n) is 10.6. The fourth-order valence-electron chi connectivity index (χ4n) is 6.23. The maximum atomic E-state index is 6.48. The van der Waals surface area contributed by atoms with E-state index in [1.54, 1.807) is 0 Å². The van der Waals surface area contributed by atoms with Gasteiger partial charge >= 0.3 is 0 Å². The summed E-state index contributed by atoms with van der Waals surface area (Å²) in [6.07, 6.45) is 15.2. The number of aryl methyl sites for hydroxylation is 1. The summed E-state index contributed by atoms with van der Waals surface area (Å²) in [5, 5.41) is 0. The van der Waals surface area contributed by atoms with E-state index < -0.39 is 0 Å². The minimum atomic E-state index is -0.0439. The zero-order valence-corrected chi connectivity index (χ0v) is 22.4. The minimum Gasteiger partial charge on any atom is -0.485 e. The Bertz CT molecular complexity index is 1810. The zero-order chi connectivity index (χ0) is 27.2. The lowest BCUT2D eigenvalue weighted by atomic mass is 9.82. The molecule has 0 radical (unpaired) electrons. The quantitative estimate of drug-likeness (QED) is 0.234. The van der Waals surface area contributed by atoms with Crippen molar-refractivity contribution in [3.63, 3.8) is 0 Å². The van der Waals surface area contributed by atoms with Crippen LogP contribution in [0.5, 0.6) is 5.75 Å². The monoisotopic (exact) mass is 529 g/mol. The molecule has 2 heterocycles. The molecular formula is C37H27N3O. The molecule has 0 saturated heterocycles. The van der Waals surface area contributed by atoms with Gasteiger partial charge in [0.05, 0.1) is 0 Å². The molecule has 4 heteroatoms. The number of rotatable bonds is 4. The average molecular weight is 530 g/mol. The van der Waals surface area contributed by atoms with Gasteiger partial charge in [-0.15, -0.1) is 0 Å². The number of hydrogen-bond donors (Lipinski definition) is 0. The van der Waals surface area contributed by atoms with Crippen molar-refractivity contribution in [1.82, 2.24) is 15.0 Å². The van der Waals surface area contributed by atoms with Gasteiger partial charge < -0.3 is 4.74 Å². The Morgan fingerprint density at radius 2 is 1.34 bits per heavy atom. The third-order valence-electron chi connectivity index (χ3n) is 8.16. The molecule has 41 heavy (non-hydrogen) atoms.